The van der Waals surface area contributed by atoms with Crippen LogP contribution in [0.1, 0.15) is 15.2 Å². The zero-order valence-electron chi connectivity index (χ0n) is 13.8. The number of terminal acetylenes is 1. The predicted molar refractivity (Wildman–Crippen MR) is 104 cm³/mol. The lowest BCUT2D eigenvalue weighted by Gasteiger charge is -2.01. The highest BCUT2D eigenvalue weighted by atomic mass is 32.1. The minimum Gasteiger partial charge on any atom is -0.465 e. The van der Waals surface area contributed by atoms with Crippen LogP contribution < -0.4 is 4.80 Å². The Morgan fingerprint density at radius 3 is 2.92 bits per heavy atom. The summed E-state index contributed by atoms with van der Waals surface area (Å²) in [5.74, 6) is 1.78. The molecule has 3 rings (SSSR count). The summed E-state index contributed by atoms with van der Waals surface area (Å²) >= 11 is 2.84. The Morgan fingerprint density at radius 2 is 2.23 bits per heavy atom. The van der Waals surface area contributed by atoms with E-state index in [1.807, 2.05) is 17.5 Å². The molecule has 0 bridgehead atoms. The van der Waals surface area contributed by atoms with Crippen molar-refractivity contribution in [1.29, 1.82) is 0 Å². The second kappa shape index (κ2) is 7.95. The van der Waals surface area contributed by atoms with Crippen LogP contribution in [-0.4, -0.2) is 23.6 Å². The van der Waals surface area contributed by atoms with Crippen molar-refractivity contribution < 1.29 is 14.3 Å². The van der Waals surface area contributed by atoms with Gasteiger partial charge in [-0.1, -0.05) is 23.3 Å². The molecule has 0 unspecified atom stereocenters. The van der Waals surface area contributed by atoms with Crippen LogP contribution in [0.3, 0.4) is 0 Å². The number of hydrogen-bond donors (Lipinski definition) is 0. The number of rotatable bonds is 4. The van der Waals surface area contributed by atoms with Crippen LogP contribution in [0.4, 0.5) is 0 Å². The second-order valence-electron chi connectivity index (χ2n) is 5.15. The Hall–Kier alpha value is -2.95. The number of amides is 1. The van der Waals surface area contributed by atoms with Crippen molar-refractivity contribution in [3.05, 3.63) is 57.0 Å². The van der Waals surface area contributed by atoms with Gasteiger partial charge in [-0.2, -0.15) is 4.99 Å². The fraction of sp³-hybridized carbons (Fsp3) is 0.105. The van der Waals surface area contributed by atoms with Crippen molar-refractivity contribution in [2.75, 3.05) is 7.11 Å². The summed E-state index contributed by atoms with van der Waals surface area (Å²) in [4.78, 5) is 29.5. The van der Waals surface area contributed by atoms with Gasteiger partial charge in [0.2, 0.25) is 0 Å². The first-order valence-electron chi connectivity index (χ1n) is 7.58. The minimum absolute atomic E-state index is 0.276. The predicted octanol–water partition coefficient (Wildman–Crippen LogP) is 3.32. The molecule has 0 aliphatic rings. The number of hydrogen-bond acceptors (Lipinski definition) is 5. The lowest BCUT2D eigenvalue weighted by Crippen LogP contribution is -2.15. The van der Waals surface area contributed by atoms with Crippen LogP contribution in [0, 0.1) is 12.3 Å². The smallest absolute Gasteiger partial charge is 0.337 e. The molecule has 0 aliphatic carbocycles. The Kier molecular flexibility index (Phi) is 5.46. The minimum atomic E-state index is -0.419. The van der Waals surface area contributed by atoms with Gasteiger partial charge in [-0.25, -0.2) is 4.79 Å². The third-order valence-electron chi connectivity index (χ3n) is 3.49. The molecule has 0 radical (unpaired) electrons. The number of fused-ring (bicyclic) bond motifs is 1. The van der Waals surface area contributed by atoms with E-state index >= 15 is 0 Å². The van der Waals surface area contributed by atoms with Crippen molar-refractivity contribution in [1.82, 2.24) is 4.57 Å². The molecule has 5 nitrogen and oxygen atoms in total. The van der Waals surface area contributed by atoms with Crippen LogP contribution in [-0.2, 0) is 16.1 Å². The van der Waals surface area contributed by atoms with E-state index < -0.39 is 5.97 Å². The Morgan fingerprint density at radius 1 is 1.38 bits per heavy atom. The molecule has 0 saturated carbocycles. The van der Waals surface area contributed by atoms with Crippen LogP contribution in [0.15, 0.2) is 46.8 Å². The molecule has 0 fully saturated rings. The van der Waals surface area contributed by atoms with E-state index in [0.29, 0.717) is 10.4 Å². The van der Waals surface area contributed by atoms with Crippen LogP contribution >= 0.6 is 22.7 Å². The van der Waals surface area contributed by atoms with Gasteiger partial charge in [0.25, 0.3) is 5.91 Å². The zero-order chi connectivity index (χ0) is 18.5. The second-order valence-corrected chi connectivity index (χ2v) is 7.14. The quantitative estimate of drug-likeness (QED) is 0.395. The van der Waals surface area contributed by atoms with Gasteiger partial charge in [-0.05, 0) is 35.7 Å². The van der Waals surface area contributed by atoms with E-state index in [4.69, 9.17) is 11.2 Å². The first kappa shape index (κ1) is 17.9. The number of nitrogens with zero attached hydrogens (tertiary/aromatic N) is 2. The summed E-state index contributed by atoms with van der Waals surface area (Å²) in [6.45, 7) is 0.276. The molecule has 1 amide bonds. The molecule has 0 aliphatic heterocycles. The molecule has 2 heterocycles. The molecule has 3 aromatic rings. The topological polar surface area (TPSA) is 60.7 Å². The highest BCUT2D eigenvalue weighted by molar-refractivity contribution is 7.16. The van der Waals surface area contributed by atoms with Gasteiger partial charge in [0.05, 0.1) is 29.4 Å². The fourth-order valence-corrected chi connectivity index (χ4v) is 4.01. The van der Waals surface area contributed by atoms with Crippen LogP contribution in [0.25, 0.3) is 16.3 Å². The highest BCUT2D eigenvalue weighted by Crippen LogP contribution is 2.20. The largest absolute Gasteiger partial charge is 0.465 e. The van der Waals surface area contributed by atoms with Crippen molar-refractivity contribution in [3.8, 4) is 12.3 Å². The summed E-state index contributed by atoms with van der Waals surface area (Å²) in [7, 11) is 1.33. The number of esters is 1. The Balaban J connectivity index is 2.03. The monoisotopic (exact) mass is 382 g/mol. The molecule has 0 spiro atoms. The van der Waals surface area contributed by atoms with Crippen molar-refractivity contribution >= 4 is 50.8 Å². The van der Waals surface area contributed by atoms with Crippen LogP contribution in [0.5, 0.6) is 0 Å². The average molecular weight is 382 g/mol. The lowest BCUT2D eigenvalue weighted by molar-refractivity contribution is -0.113. The summed E-state index contributed by atoms with van der Waals surface area (Å²) in [5, 5.41) is 1.94. The van der Waals surface area contributed by atoms with Gasteiger partial charge in [0, 0.05) is 11.0 Å². The Bertz CT molecular complexity index is 1100. The SMILES string of the molecule is C#CCn1c(=NC(=O)/C=C/c2cccs2)sc2cc(C(=O)OC)ccc21. The lowest BCUT2D eigenvalue weighted by atomic mass is 10.2. The molecule has 130 valence electrons. The average Bonchev–Trinajstić information content (AvgIpc) is 3.27. The number of thiophene rings is 1. The van der Waals surface area contributed by atoms with Crippen molar-refractivity contribution in [2.24, 2.45) is 4.99 Å². The number of aromatic nitrogens is 1. The standard InChI is InChI=1S/C19H14N2O3S2/c1-3-10-21-15-8-6-13(18(23)24-2)12-16(15)26-19(21)20-17(22)9-7-14-5-4-11-25-14/h1,4-9,11-12H,10H2,2H3/b9-7+,20-19?. The number of benzene rings is 1. The normalized spacial score (nSPS) is 11.8. The summed E-state index contributed by atoms with van der Waals surface area (Å²) in [6, 6.07) is 8.99. The third-order valence-corrected chi connectivity index (χ3v) is 5.37. The van der Waals surface area contributed by atoms with Gasteiger partial charge in [0.15, 0.2) is 4.80 Å². The molecule has 1 aromatic carbocycles. The maximum absolute atomic E-state index is 12.2. The Labute approximate surface area is 157 Å². The van der Waals surface area contributed by atoms with Gasteiger partial charge < -0.3 is 9.30 Å². The number of ether oxygens (including phenoxy) is 1. The van der Waals surface area contributed by atoms with E-state index in [9.17, 15) is 9.59 Å². The number of thiazole rings is 1. The maximum atomic E-state index is 12.2. The van der Waals surface area contributed by atoms with Gasteiger partial charge in [-0.15, -0.1) is 17.8 Å². The van der Waals surface area contributed by atoms with Crippen molar-refractivity contribution in [3.63, 3.8) is 0 Å². The van der Waals surface area contributed by atoms with E-state index in [1.54, 1.807) is 28.8 Å². The molecule has 7 heteroatoms. The number of carbonyl (C=O) groups is 2. The van der Waals surface area contributed by atoms with Crippen molar-refractivity contribution in [2.45, 2.75) is 6.54 Å². The first-order valence-corrected chi connectivity index (χ1v) is 9.27. The van der Waals surface area contributed by atoms with E-state index in [0.717, 1.165) is 15.1 Å². The summed E-state index contributed by atoms with van der Waals surface area (Å²) < 4.78 is 7.32. The molecule has 2 aromatic heterocycles. The van der Waals surface area contributed by atoms with E-state index in [2.05, 4.69) is 10.9 Å². The van der Waals surface area contributed by atoms with Gasteiger partial charge in [-0.3, -0.25) is 4.79 Å². The molecular formula is C19H14N2O3S2. The molecule has 26 heavy (non-hydrogen) atoms. The highest BCUT2D eigenvalue weighted by Gasteiger charge is 2.11. The molecule has 0 atom stereocenters. The summed E-state index contributed by atoms with van der Waals surface area (Å²) in [5.41, 5.74) is 1.25. The van der Waals surface area contributed by atoms with Crippen LogP contribution in [0.2, 0.25) is 0 Å². The third kappa shape index (κ3) is 3.82. The fourth-order valence-electron chi connectivity index (χ4n) is 2.32. The van der Waals surface area contributed by atoms with E-state index in [1.165, 1.54) is 35.9 Å². The maximum Gasteiger partial charge on any atom is 0.337 e. The first-order chi connectivity index (χ1) is 12.6. The number of carbonyl (C=O) groups excluding carboxylic acids is 2. The van der Waals surface area contributed by atoms with Gasteiger partial charge in [0.1, 0.15) is 0 Å². The summed E-state index contributed by atoms with van der Waals surface area (Å²) in [6.07, 6.45) is 8.61. The van der Waals surface area contributed by atoms with Gasteiger partial charge >= 0.3 is 5.97 Å². The van der Waals surface area contributed by atoms with E-state index in [-0.39, 0.29) is 12.5 Å². The zero-order valence-corrected chi connectivity index (χ0v) is 15.5. The molecule has 0 N–H and O–H groups in total. The number of methoxy groups -OCH3 is 1. The molecular weight excluding hydrogens is 368 g/mol. The molecule has 0 saturated heterocycles.